The number of hydrogen-bond donors (Lipinski definition) is 0. The molecule has 0 saturated carbocycles. The van der Waals surface area contributed by atoms with Gasteiger partial charge in [-0.15, -0.1) is 0 Å². The molecule has 1 aromatic rings. The molecule has 3 fully saturated rings. The molecule has 9 nitrogen and oxygen atoms in total. The van der Waals surface area contributed by atoms with Crippen molar-refractivity contribution in [3.8, 4) is 0 Å². The van der Waals surface area contributed by atoms with Gasteiger partial charge >= 0.3 is 0 Å². The van der Waals surface area contributed by atoms with E-state index < -0.39 is 10.0 Å². The van der Waals surface area contributed by atoms with Crippen LogP contribution < -0.4 is 0 Å². The lowest BCUT2D eigenvalue weighted by Crippen LogP contribution is -2.53. The molecule has 1 amide bonds. The van der Waals surface area contributed by atoms with Gasteiger partial charge in [-0.25, -0.2) is 8.42 Å². The van der Waals surface area contributed by atoms with E-state index in [1.807, 2.05) is 4.90 Å². The first-order chi connectivity index (χ1) is 13.9. The van der Waals surface area contributed by atoms with Crippen molar-refractivity contribution in [1.29, 1.82) is 0 Å². The Morgan fingerprint density at radius 3 is 2.34 bits per heavy atom. The number of likely N-dealkylation sites (tertiary alicyclic amines) is 1. The van der Waals surface area contributed by atoms with E-state index in [9.17, 15) is 13.2 Å². The number of sulfonamides is 1. The zero-order chi connectivity index (χ0) is 20.6. The molecule has 0 spiro atoms. The van der Waals surface area contributed by atoms with E-state index in [2.05, 4.69) is 5.16 Å². The molecule has 3 aliphatic rings. The van der Waals surface area contributed by atoms with Gasteiger partial charge in [0.1, 0.15) is 10.6 Å². The van der Waals surface area contributed by atoms with Crippen LogP contribution in [0, 0.1) is 19.8 Å². The van der Waals surface area contributed by atoms with Gasteiger partial charge in [0.15, 0.2) is 12.1 Å². The molecule has 1 unspecified atom stereocenters. The fourth-order valence-electron chi connectivity index (χ4n) is 4.66. The van der Waals surface area contributed by atoms with Gasteiger partial charge in [0.25, 0.3) is 0 Å². The van der Waals surface area contributed by atoms with Crippen LogP contribution in [0.25, 0.3) is 0 Å². The normalized spacial score (nSPS) is 25.6. The Kier molecular flexibility index (Phi) is 5.97. The van der Waals surface area contributed by atoms with Gasteiger partial charge in [-0.05, 0) is 46.0 Å². The molecule has 3 saturated heterocycles. The maximum absolute atomic E-state index is 13.2. The van der Waals surface area contributed by atoms with Crippen molar-refractivity contribution in [3.05, 3.63) is 11.5 Å². The average molecular weight is 428 g/mol. The van der Waals surface area contributed by atoms with Gasteiger partial charge in [0.2, 0.25) is 15.9 Å². The quantitative estimate of drug-likeness (QED) is 0.716. The molecule has 0 aliphatic carbocycles. The number of carbonyl (C=O) groups is 1. The molecule has 4 heterocycles. The SMILES string of the molecule is Cc1noc(C)c1S(=O)(=O)N1CCC(C(=O)N2CCCCC2C2OCCO2)CC1. The van der Waals surface area contributed by atoms with E-state index in [1.54, 1.807) is 13.8 Å². The summed E-state index contributed by atoms with van der Waals surface area (Å²) >= 11 is 0. The van der Waals surface area contributed by atoms with Gasteiger partial charge in [0.05, 0.1) is 19.3 Å². The number of piperidine rings is 2. The van der Waals surface area contributed by atoms with Gasteiger partial charge in [0, 0.05) is 25.6 Å². The topological polar surface area (TPSA) is 102 Å². The first kappa shape index (κ1) is 20.8. The van der Waals surface area contributed by atoms with Gasteiger partial charge in [-0.3, -0.25) is 4.79 Å². The average Bonchev–Trinajstić information content (AvgIpc) is 3.37. The van der Waals surface area contributed by atoms with E-state index in [-0.39, 0.29) is 29.1 Å². The number of amides is 1. The van der Waals surface area contributed by atoms with E-state index in [0.717, 1.165) is 19.3 Å². The molecular weight excluding hydrogens is 398 g/mol. The predicted molar refractivity (Wildman–Crippen MR) is 103 cm³/mol. The summed E-state index contributed by atoms with van der Waals surface area (Å²) in [5, 5.41) is 3.76. The van der Waals surface area contributed by atoms with Gasteiger partial charge < -0.3 is 18.9 Å². The number of aromatic nitrogens is 1. The standard InChI is InChI=1S/C19H29N3O6S/c1-13-17(14(2)28-20-13)29(24,25)21-9-6-15(7-10-21)18(23)22-8-4-3-5-16(22)19-26-11-12-27-19/h15-16,19H,3-12H2,1-2H3. The summed E-state index contributed by atoms with van der Waals surface area (Å²) in [5.41, 5.74) is 0.369. The molecular formula is C19H29N3O6S. The number of aryl methyl sites for hydroxylation is 2. The molecule has 4 rings (SSSR count). The van der Waals surface area contributed by atoms with Crippen LogP contribution in [0.15, 0.2) is 9.42 Å². The summed E-state index contributed by atoms with van der Waals surface area (Å²) < 4.78 is 43.8. The molecule has 10 heteroatoms. The number of ether oxygens (including phenoxy) is 2. The third-order valence-corrected chi connectivity index (χ3v) is 8.31. The molecule has 3 aliphatic heterocycles. The zero-order valence-corrected chi connectivity index (χ0v) is 17.8. The van der Waals surface area contributed by atoms with Crippen LogP contribution in [0.3, 0.4) is 0 Å². The van der Waals surface area contributed by atoms with Crippen LogP contribution in [0.1, 0.15) is 43.6 Å². The minimum absolute atomic E-state index is 0.0391. The van der Waals surface area contributed by atoms with Crippen molar-refractivity contribution in [2.45, 2.75) is 63.2 Å². The molecule has 0 radical (unpaired) electrons. The highest BCUT2D eigenvalue weighted by Gasteiger charge is 2.41. The van der Waals surface area contributed by atoms with Gasteiger partial charge in [-0.2, -0.15) is 4.31 Å². The molecule has 0 aromatic carbocycles. The van der Waals surface area contributed by atoms with Crippen molar-refractivity contribution in [1.82, 2.24) is 14.4 Å². The Bertz CT molecular complexity index is 821. The van der Waals surface area contributed by atoms with Crippen LogP contribution in [0.2, 0.25) is 0 Å². The Hall–Kier alpha value is -1.49. The predicted octanol–water partition coefficient (Wildman–Crippen LogP) is 1.45. The van der Waals surface area contributed by atoms with Gasteiger partial charge in [-0.1, -0.05) is 5.16 Å². The number of hydrogen-bond acceptors (Lipinski definition) is 7. The highest BCUT2D eigenvalue weighted by atomic mass is 32.2. The smallest absolute Gasteiger partial charge is 0.248 e. The second kappa shape index (κ2) is 8.33. The first-order valence-corrected chi connectivity index (χ1v) is 11.8. The molecule has 1 aromatic heterocycles. The summed E-state index contributed by atoms with van der Waals surface area (Å²) in [7, 11) is -3.67. The van der Waals surface area contributed by atoms with E-state index >= 15 is 0 Å². The Labute approximate surface area is 171 Å². The number of nitrogens with zero attached hydrogens (tertiary/aromatic N) is 3. The number of carbonyl (C=O) groups excluding carboxylic acids is 1. The lowest BCUT2D eigenvalue weighted by atomic mass is 9.93. The first-order valence-electron chi connectivity index (χ1n) is 10.4. The summed E-state index contributed by atoms with van der Waals surface area (Å²) in [5.74, 6) is 0.227. The second-order valence-electron chi connectivity index (χ2n) is 8.04. The Morgan fingerprint density at radius 2 is 1.72 bits per heavy atom. The lowest BCUT2D eigenvalue weighted by molar-refractivity contribution is -0.155. The second-order valence-corrected chi connectivity index (χ2v) is 9.91. The lowest BCUT2D eigenvalue weighted by Gasteiger charge is -2.41. The Balaban J connectivity index is 1.42. The highest BCUT2D eigenvalue weighted by molar-refractivity contribution is 7.89. The van der Waals surface area contributed by atoms with Crippen molar-refractivity contribution < 1.29 is 27.2 Å². The van der Waals surface area contributed by atoms with Crippen molar-refractivity contribution in [2.75, 3.05) is 32.8 Å². The summed E-state index contributed by atoms with van der Waals surface area (Å²) in [6.07, 6.45) is 3.61. The maximum atomic E-state index is 13.2. The van der Waals surface area contributed by atoms with Crippen molar-refractivity contribution >= 4 is 15.9 Å². The fourth-order valence-corrected chi connectivity index (χ4v) is 6.42. The van der Waals surface area contributed by atoms with Crippen LogP contribution in [-0.2, 0) is 24.3 Å². The molecule has 1 atom stereocenters. The Morgan fingerprint density at radius 1 is 1.03 bits per heavy atom. The highest BCUT2D eigenvalue weighted by Crippen LogP contribution is 2.31. The van der Waals surface area contributed by atoms with Crippen LogP contribution in [-0.4, -0.2) is 73.9 Å². The van der Waals surface area contributed by atoms with Crippen LogP contribution in [0.5, 0.6) is 0 Å². The summed E-state index contributed by atoms with van der Waals surface area (Å²) in [6, 6.07) is -0.0391. The molecule has 29 heavy (non-hydrogen) atoms. The van der Waals surface area contributed by atoms with Crippen molar-refractivity contribution in [3.63, 3.8) is 0 Å². The minimum atomic E-state index is -3.67. The largest absolute Gasteiger partial charge is 0.360 e. The summed E-state index contributed by atoms with van der Waals surface area (Å²) in [6.45, 7) is 5.72. The molecule has 0 bridgehead atoms. The third-order valence-electron chi connectivity index (χ3n) is 6.16. The van der Waals surface area contributed by atoms with E-state index in [0.29, 0.717) is 57.1 Å². The van der Waals surface area contributed by atoms with E-state index in [1.165, 1.54) is 4.31 Å². The minimum Gasteiger partial charge on any atom is -0.360 e. The van der Waals surface area contributed by atoms with Crippen LogP contribution in [0.4, 0.5) is 0 Å². The van der Waals surface area contributed by atoms with Crippen molar-refractivity contribution in [2.24, 2.45) is 5.92 Å². The van der Waals surface area contributed by atoms with Crippen LogP contribution >= 0.6 is 0 Å². The monoisotopic (exact) mass is 427 g/mol. The third kappa shape index (κ3) is 3.95. The fraction of sp³-hybridized carbons (Fsp3) is 0.789. The zero-order valence-electron chi connectivity index (χ0n) is 17.0. The maximum Gasteiger partial charge on any atom is 0.248 e. The molecule has 162 valence electrons. The summed E-state index contributed by atoms with van der Waals surface area (Å²) in [4.78, 5) is 15.3. The van der Waals surface area contributed by atoms with E-state index in [4.69, 9.17) is 14.0 Å². The molecule has 0 N–H and O–H groups in total. The number of rotatable bonds is 4.